The minimum absolute atomic E-state index is 0.209. The molecule has 19 heavy (non-hydrogen) atoms. The summed E-state index contributed by atoms with van der Waals surface area (Å²) in [5.74, 6) is -0.813. The highest BCUT2D eigenvalue weighted by Crippen LogP contribution is 2.40. The molecular formula is C13H24N2O4. The van der Waals surface area contributed by atoms with Crippen molar-refractivity contribution in [2.24, 2.45) is 5.41 Å². The van der Waals surface area contributed by atoms with Gasteiger partial charge in [-0.15, -0.1) is 0 Å². The number of hydrogen-bond acceptors (Lipinski definition) is 3. The fraction of sp³-hybridized carbons (Fsp3) is 0.846. The predicted octanol–water partition coefficient (Wildman–Crippen LogP) is 1.36. The Morgan fingerprint density at radius 3 is 2.53 bits per heavy atom. The summed E-state index contributed by atoms with van der Waals surface area (Å²) >= 11 is 0. The third-order valence-electron chi connectivity index (χ3n) is 3.45. The summed E-state index contributed by atoms with van der Waals surface area (Å²) < 4.78 is 5.29. The highest BCUT2D eigenvalue weighted by Gasteiger charge is 2.44. The van der Waals surface area contributed by atoms with E-state index in [2.05, 4.69) is 10.6 Å². The van der Waals surface area contributed by atoms with Crippen molar-refractivity contribution in [2.45, 2.75) is 39.0 Å². The maximum atomic E-state index is 11.5. The summed E-state index contributed by atoms with van der Waals surface area (Å²) in [4.78, 5) is 22.6. The zero-order valence-electron chi connectivity index (χ0n) is 11.5. The third-order valence-corrected chi connectivity index (χ3v) is 3.45. The van der Waals surface area contributed by atoms with Crippen LogP contribution in [0.3, 0.4) is 0 Å². The molecule has 0 atom stereocenters. The van der Waals surface area contributed by atoms with E-state index in [1.165, 1.54) is 0 Å². The van der Waals surface area contributed by atoms with Gasteiger partial charge in [0.05, 0.1) is 5.41 Å². The number of amides is 2. The van der Waals surface area contributed by atoms with Gasteiger partial charge in [-0.1, -0.05) is 13.3 Å². The zero-order valence-corrected chi connectivity index (χ0v) is 11.5. The molecule has 0 aromatic rings. The normalized spacial score (nSPS) is 16.5. The summed E-state index contributed by atoms with van der Waals surface area (Å²) in [6.45, 7) is 4.17. The van der Waals surface area contributed by atoms with Crippen molar-refractivity contribution < 1.29 is 19.4 Å². The van der Waals surface area contributed by atoms with Crippen LogP contribution in [0.25, 0.3) is 0 Å². The molecule has 0 unspecified atom stereocenters. The Morgan fingerprint density at radius 2 is 2.00 bits per heavy atom. The van der Waals surface area contributed by atoms with Crippen molar-refractivity contribution in [3.63, 3.8) is 0 Å². The van der Waals surface area contributed by atoms with Crippen molar-refractivity contribution in [1.82, 2.24) is 10.6 Å². The van der Waals surface area contributed by atoms with Crippen molar-refractivity contribution in [3.05, 3.63) is 0 Å². The van der Waals surface area contributed by atoms with E-state index in [1.54, 1.807) is 0 Å². The Hall–Kier alpha value is -1.30. The van der Waals surface area contributed by atoms with E-state index in [0.29, 0.717) is 26.0 Å². The average Bonchev–Trinajstić information content (AvgIpc) is 2.31. The first-order valence-corrected chi connectivity index (χ1v) is 6.93. The number of nitrogens with one attached hydrogen (secondary N) is 2. The SMILES string of the molecule is CCCOCCCNC(=O)NCC1(C(=O)O)CCC1. The largest absolute Gasteiger partial charge is 0.481 e. The predicted molar refractivity (Wildman–Crippen MR) is 71.0 cm³/mol. The van der Waals surface area contributed by atoms with E-state index < -0.39 is 11.4 Å². The first kappa shape index (κ1) is 15.8. The second kappa shape index (κ2) is 7.99. The standard InChI is InChI=1S/C13H24N2O4/c1-2-8-19-9-4-7-14-12(18)15-10-13(11(16)17)5-3-6-13/h2-10H2,1H3,(H,16,17)(H2,14,15,18). The molecule has 1 aliphatic rings. The summed E-state index contributed by atoms with van der Waals surface area (Å²) in [7, 11) is 0. The Bertz CT molecular complexity index is 303. The van der Waals surface area contributed by atoms with E-state index in [-0.39, 0.29) is 12.6 Å². The van der Waals surface area contributed by atoms with Crippen molar-refractivity contribution in [3.8, 4) is 0 Å². The maximum Gasteiger partial charge on any atom is 0.314 e. The fourth-order valence-electron chi connectivity index (χ4n) is 2.00. The summed E-state index contributed by atoms with van der Waals surface area (Å²) in [6.07, 6.45) is 3.97. The number of carbonyl (C=O) groups is 2. The number of carboxylic acids is 1. The van der Waals surface area contributed by atoms with Crippen molar-refractivity contribution in [1.29, 1.82) is 0 Å². The molecule has 0 saturated heterocycles. The number of carboxylic acid groups (broad SMARTS) is 1. The molecule has 1 fully saturated rings. The first-order chi connectivity index (χ1) is 9.10. The van der Waals surface area contributed by atoms with Gasteiger partial charge >= 0.3 is 12.0 Å². The lowest BCUT2D eigenvalue weighted by Crippen LogP contribution is -2.49. The van der Waals surface area contributed by atoms with E-state index in [9.17, 15) is 9.59 Å². The summed E-state index contributed by atoms with van der Waals surface area (Å²) in [6, 6.07) is -0.303. The molecule has 0 bridgehead atoms. The molecule has 3 N–H and O–H groups in total. The lowest BCUT2D eigenvalue weighted by atomic mass is 9.69. The van der Waals surface area contributed by atoms with E-state index >= 15 is 0 Å². The minimum Gasteiger partial charge on any atom is -0.481 e. The molecule has 6 heteroatoms. The topological polar surface area (TPSA) is 87.7 Å². The van der Waals surface area contributed by atoms with Gasteiger partial charge in [-0.25, -0.2) is 4.79 Å². The molecule has 0 spiro atoms. The van der Waals surface area contributed by atoms with Crippen LogP contribution in [-0.4, -0.2) is 43.4 Å². The molecule has 1 aliphatic carbocycles. The molecule has 2 amide bonds. The molecule has 1 rings (SSSR count). The van der Waals surface area contributed by atoms with Gasteiger partial charge in [-0.05, 0) is 25.7 Å². The van der Waals surface area contributed by atoms with Gasteiger partial charge in [0, 0.05) is 26.3 Å². The smallest absolute Gasteiger partial charge is 0.314 e. The van der Waals surface area contributed by atoms with Crippen LogP contribution < -0.4 is 10.6 Å². The second-order valence-corrected chi connectivity index (χ2v) is 5.01. The number of aliphatic carboxylic acids is 1. The Labute approximate surface area is 113 Å². The molecule has 1 saturated carbocycles. The Morgan fingerprint density at radius 1 is 1.26 bits per heavy atom. The number of carbonyl (C=O) groups excluding carboxylic acids is 1. The van der Waals surface area contributed by atoms with Gasteiger partial charge in [0.1, 0.15) is 0 Å². The monoisotopic (exact) mass is 272 g/mol. The van der Waals surface area contributed by atoms with E-state index in [1.807, 2.05) is 6.92 Å². The molecule has 6 nitrogen and oxygen atoms in total. The van der Waals surface area contributed by atoms with Gasteiger partial charge in [0.25, 0.3) is 0 Å². The second-order valence-electron chi connectivity index (χ2n) is 5.01. The highest BCUT2D eigenvalue weighted by atomic mass is 16.5. The van der Waals surface area contributed by atoms with Gasteiger partial charge in [0.15, 0.2) is 0 Å². The number of rotatable bonds is 9. The third kappa shape index (κ3) is 5.06. The van der Waals surface area contributed by atoms with Crippen molar-refractivity contribution >= 4 is 12.0 Å². The quantitative estimate of drug-likeness (QED) is 0.553. The van der Waals surface area contributed by atoms with Gasteiger partial charge in [-0.2, -0.15) is 0 Å². The van der Waals surface area contributed by atoms with E-state index in [4.69, 9.17) is 9.84 Å². The van der Waals surface area contributed by atoms with Crippen LogP contribution in [0, 0.1) is 5.41 Å². The molecule has 0 heterocycles. The number of urea groups is 1. The zero-order chi connectivity index (χ0) is 14.1. The van der Waals surface area contributed by atoms with Crippen LogP contribution in [0.5, 0.6) is 0 Å². The molecule has 110 valence electrons. The van der Waals surface area contributed by atoms with Gasteiger partial charge in [-0.3, -0.25) is 4.79 Å². The van der Waals surface area contributed by atoms with Crippen LogP contribution in [-0.2, 0) is 9.53 Å². The fourth-order valence-corrected chi connectivity index (χ4v) is 2.00. The van der Waals surface area contributed by atoms with Crippen LogP contribution in [0.15, 0.2) is 0 Å². The van der Waals surface area contributed by atoms with Crippen LogP contribution in [0.4, 0.5) is 4.79 Å². The first-order valence-electron chi connectivity index (χ1n) is 6.93. The van der Waals surface area contributed by atoms with Crippen LogP contribution >= 0.6 is 0 Å². The van der Waals surface area contributed by atoms with Crippen LogP contribution in [0.2, 0.25) is 0 Å². The molecule has 0 aromatic heterocycles. The van der Waals surface area contributed by atoms with Gasteiger partial charge in [0.2, 0.25) is 0 Å². The Balaban J connectivity index is 2.06. The Kier molecular flexibility index (Phi) is 6.62. The number of ether oxygens (including phenoxy) is 1. The lowest BCUT2D eigenvalue weighted by Gasteiger charge is -2.37. The minimum atomic E-state index is -0.813. The lowest BCUT2D eigenvalue weighted by molar-refractivity contribution is -0.153. The summed E-state index contributed by atoms with van der Waals surface area (Å²) in [5.41, 5.74) is -0.735. The molecule has 0 aromatic carbocycles. The van der Waals surface area contributed by atoms with Crippen LogP contribution in [0.1, 0.15) is 39.0 Å². The summed E-state index contributed by atoms with van der Waals surface area (Å²) in [5, 5.41) is 14.4. The molecule has 0 radical (unpaired) electrons. The average molecular weight is 272 g/mol. The molecular weight excluding hydrogens is 248 g/mol. The molecule has 0 aliphatic heterocycles. The highest BCUT2D eigenvalue weighted by molar-refractivity contribution is 5.78. The van der Waals surface area contributed by atoms with E-state index in [0.717, 1.165) is 25.9 Å². The van der Waals surface area contributed by atoms with Crippen molar-refractivity contribution in [2.75, 3.05) is 26.3 Å². The number of hydrogen-bond donors (Lipinski definition) is 3. The maximum absolute atomic E-state index is 11.5. The van der Waals surface area contributed by atoms with Gasteiger partial charge < -0.3 is 20.5 Å².